The summed E-state index contributed by atoms with van der Waals surface area (Å²) in [4.78, 5) is 12.9. The molecule has 3 aromatic rings. The SMILES string of the molecule is CCc1c(C(=O)NCc2ccco2)c(C(C)C)nn1-c1cccc(F)c1. The molecule has 0 aliphatic heterocycles. The number of furan rings is 1. The molecule has 0 saturated carbocycles. The molecule has 2 heterocycles. The Morgan fingerprint density at radius 1 is 1.31 bits per heavy atom. The molecule has 0 bridgehead atoms. The maximum Gasteiger partial charge on any atom is 0.255 e. The lowest BCUT2D eigenvalue weighted by atomic mass is 10.0. The average molecular weight is 355 g/mol. The van der Waals surface area contributed by atoms with E-state index in [0.717, 1.165) is 5.69 Å². The lowest BCUT2D eigenvalue weighted by Crippen LogP contribution is -2.24. The molecule has 0 aliphatic rings. The predicted octanol–water partition coefficient (Wildman–Crippen LogP) is 4.22. The first kappa shape index (κ1) is 17.9. The molecule has 6 heteroatoms. The third-order valence-corrected chi connectivity index (χ3v) is 4.17. The van der Waals surface area contributed by atoms with E-state index in [1.165, 1.54) is 12.1 Å². The van der Waals surface area contributed by atoms with Crippen LogP contribution in [0.3, 0.4) is 0 Å². The lowest BCUT2D eigenvalue weighted by molar-refractivity contribution is 0.0946. The fourth-order valence-electron chi connectivity index (χ4n) is 2.94. The highest BCUT2D eigenvalue weighted by Crippen LogP contribution is 2.25. The summed E-state index contributed by atoms with van der Waals surface area (Å²) in [5.41, 5.74) is 2.62. The summed E-state index contributed by atoms with van der Waals surface area (Å²) in [5, 5.41) is 7.51. The van der Waals surface area contributed by atoms with Crippen molar-refractivity contribution in [3.63, 3.8) is 0 Å². The number of halogens is 1. The Labute approximate surface area is 151 Å². The minimum Gasteiger partial charge on any atom is -0.467 e. The maximum absolute atomic E-state index is 13.7. The Bertz CT molecular complexity index is 898. The highest BCUT2D eigenvalue weighted by Gasteiger charge is 2.25. The molecular weight excluding hydrogens is 333 g/mol. The maximum atomic E-state index is 13.7. The smallest absolute Gasteiger partial charge is 0.255 e. The molecule has 0 fully saturated rings. The molecule has 26 heavy (non-hydrogen) atoms. The number of nitrogens with one attached hydrogen (secondary N) is 1. The first-order valence-electron chi connectivity index (χ1n) is 8.69. The Kier molecular flexibility index (Phi) is 5.21. The molecule has 1 aromatic carbocycles. The number of aromatic nitrogens is 2. The van der Waals surface area contributed by atoms with Crippen LogP contribution in [-0.2, 0) is 13.0 Å². The van der Waals surface area contributed by atoms with Gasteiger partial charge in [-0.15, -0.1) is 0 Å². The van der Waals surface area contributed by atoms with Crippen LogP contribution in [0.15, 0.2) is 47.1 Å². The standard InChI is InChI=1S/C20H22FN3O2/c1-4-17-18(20(25)22-12-16-9-6-10-26-16)19(13(2)3)23-24(17)15-8-5-7-14(21)11-15/h5-11,13H,4,12H2,1-3H3,(H,22,25). The number of nitrogens with zero attached hydrogens (tertiary/aromatic N) is 2. The quantitative estimate of drug-likeness (QED) is 0.720. The normalized spacial score (nSPS) is 11.1. The van der Waals surface area contributed by atoms with Crippen LogP contribution in [-0.4, -0.2) is 15.7 Å². The fourth-order valence-corrected chi connectivity index (χ4v) is 2.94. The number of amides is 1. The van der Waals surface area contributed by atoms with Gasteiger partial charge in [-0.1, -0.05) is 26.8 Å². The number of carbonyl (C=O) groups is 1. The summed E-state index contributed by atoms with van der Waals surface area (Å²) in [6.07, 6.45) is 2.17. The van der Waals surface area contributed by atoms with Gasteiger partial charge in [0, 0.05) is 0 Å². The number of rotatable bonds is 6. The summed E-state index contributed by atoms with van der Waals surface area (Å²) in [5.74, 6) is 0.194. The van der Waals surface area contributed by atoms with Crippen LogP contribution in [0.2, 0.25) is 0 Å². The van der Waals surface area contributed by atoms with E-state index in [1.807, 2.05) is 20.8 Å². The van der Waals surface area contributed by atoms with Crippen LogP contribution in [0.1, 0.15) is 54.2 Å². The molecular formula is C20H22FN3O2. The minimum atomic E-state index is -0.338. The summed E-state index contributed by atoms with van der Waals surface area (Å²) < 4.78 is 20.6. The van der Waals surface area contributed by atoms with Gasteiger partial charge in [-0.25, -0.2) is 9.07 Å². The van der Waals surface area contributed by atoms with E-state index in [4.69, 9.17) is 4.42 Å². The van der Waals surface area contributed by atoms with Crippen LogP contribution in [0.25, 0.3) is 5.69 Å². The van der Waals surface area contributed by atoms with Crippen LogP contribution in [0.4, 0.5) is 4.39 Å². The van der Waals surface area contributed by atoms with Crippen molar-refractivity contribution in [3.8, 4) is 5.69 Å². The van der Waals surface area contributed by atoms with E-state index in [0.29, 0.717) is 35.7 Å². The molecule has 5 nitrogen and oxygen atoms in total. The third-order valence-electron chi connectivity index (χ3n) is 4.17. The van der Waals surface area contributed by atoms with Gasteiger partial charge in [0.1, 0.15) is 11.6 Å². The summed E-state index contributed by atoms with van der Waals surface area (Å²) >= 11 is 0. The van der Waals surface area contributed by atoms with Crippen molar-refractivity contribution in [3.05, 3.63) is 71.2 Å². The van der Waals surface area contributed by atoms with Gasteiger partial charge < -0.3 is 9.73 Å². The number of hydrogen-bond donors (Lipinski definition) is 1. The Hall–Kier alpha value is -2.89. The van der Waals surface area contributed by atoms with Crippen LogP contribution < -0.4 is 5.32 Å². The third kappa shape index (κ3) is 3.54. The zero-order valence-corrected chi connectivity index (χ0v) is 15.1. The molecule has 136 valence electrons. The van der Waals surface area contributed by atoms with Gasteiger partial charge in [0.25, 0.3) is 5.91 Å². The molecule has 0 saturated heterocycles. The first-order chi connectivity index (χ1) is 12.5. The molecule has 0 unspecified atom stereocenters. The van der Waals surface area contributed by atoms with Crippen LogP contribution >= 0.6 is 0 Å². The second kappa shape index (κ2) is 7.56. The summed E-state index contributed by atoms with van der Waals surface area (Å²) in [6, 6.07) is 9.81. The van der Waals surface area contributed by atoms with Gasteiger partial charge in [0.05, 0.1) is 35.4 Å². The molecule has 1 amide bonds. The average Bonchev–Trinajstić information content (AvgIpc) is 3.26. The number of carbonyl (C=O) groups excluding carboxylic acids is 1. The summed E-state index contributed by atoms with van der Waals surface area (Å²) in [6.45, 7) is 6.24. The second-order valence-electron chi connectivity index (χ2n) is 6.37. The Morgan fingerprint density at radius 2 is 2.12 bits per heavy atom. The molecule has 0 atom stereocenters. The van der Waals surface area contributed by atoms with E-state index >= 15 is 0 Å². The van der Waals surface area contributed by atoms with Gasteiger partial charge in [-0.05, 0) is 42.7 Å². The fraction of sp³-hybridized carbons (Fsp3) is 0.300. The van der Waals surface area contributed by atoms with Gasteiger partial charge in [0.15, 0.2) is 0 Å². The zero-order chi connectivity index (χ0) is 18.7. The zero-order valence-electron chi connectivity index (χ0n) is 15.1. The lowest BCUT2D eigenvalue weighted by Gasteiger charge is -2.09. The largest absolute Gasteiger partial charge is 0.467 e. The minimum absolute atomic E-state index is 0.0551. The first-order valence-corrected chi connectivity index (χ1v) is 8.69. The molecule has 0 aliphatic carbocycles. The molecule has 0 spiro atoms. The molecule has 0 radical (unpaired) electrons. The van der Waals surface area contributed by atoms with E-state index in [9.17, 15) is 9.18 Å². The monoisotopic (exact) mass is 355 g/mol. The Morgan fingerprint density at radius 3 is 2.73 bits per heavy atom. The molecule has 3 rings (SSSR count). The van der Waals surface area contributed by atoms with Crippen molar-refractivity contribution >= 4 is 5.91 Å². The van der Waals surface area contributed by atoms with Gasteiger partial charge in [0.2, 0.25) is 0 Å². The highest BCUT2D eigenvalue weighted by atomic mass is 19.1. The summed E-state index contributed by atoms with van der Waals surface area (Å²) in [7, 11) is 0. The van der Waals surface area contributed by atoms with E-state index in [-0.39, 0.29) is 17.6 Å². The van der Waals surface area contributed by atoms with Crippen molar-refractivity contribution in [2.24, 2.45) is 0 Å². The van der Waals surface area contributed by atoms with Crippen LogP contribution in [0, 0.1) is 5.82 Å². The van der Waals surface area contributed by atoms with Crippen molar-refractivity contribution < 1.29 is 13.6 Å². The van der Waals surface area contributed by atoms with Crippen molar-refractivity contribution in [2.75, 3.05) is 0 Å². The van der Waals surface area contributed by atoms with Gasteiger partial charge in [-0.3, -0.25) is 4.79 Å². The van der Waals surface area contributed by atoms with Gasteiger partial charge in [-0.2, -0.15) is 5.10 Å². The number of hydrogen-bond acceptors (Lipinski definition) is 3. The van der Waals surface area contributed by atoms with Crippen LogP contribution in [0.5, 0.6) is 0 Å². The topological polar surface area (TPSA) is 60.1 Å². The predicted molar refractivity (Wildman–Crippen MR) is 96.9 cm³/mol. The van der Waals surface area contributed by atoms with Crippen molar-refractivity contribution in [2.45, 2.75) is 39.7 Å². The van der Waals surface area contributed by atoms with E-state index < -0.39 is 0 Å². The second-order valence-corrected chi connectivity index (χ2v) is 6.37. The highest BCUT2D eigenvalue weighted by molar-refractivity contribution is 5.96. The van der Waals surface area contributed by atoms with Crippen molar-refractivity contribution in [1.29, 1.82) is 0 Å². The van der Waals surface area contributed by atoms with E-state index in [1.54, 1.807) is 35.2 Å². The molecule has 1 N–H and O–H groups in total. The molecule has 2 aromatic heterocycles. The number of benzene rings is 1. The van der Waals surface area contributed by atoms with Crippen molar-refractivity contribution in [1.82, 2.24) is 15.1 Å². The van der Waals surface area contributed by atoms with E-state index in [2.05, 4.69) is 10.4 Å². The van der Waals surface area contributed by atoms with Gasteiger partial charge >= 0.3 is 0 Å². The Balaban J connectivity index is 2.01.